The Kier molecular flexibility index (Phi) is 8.33. The summed E-state index contributed by atoms with van der Waals surface area (Å²) in [6.45, 7) is 4.76. The summed E-state index contributed by atoms with van der Waals surface area (Å²) in [6.07, 6.45) is -3.59. The lowest BCUT2D eigenvalue weighted by atomic mass is 9.97. The number of esters is 2. The lowest BCUT2D eigenvalue weighted by Gasteiger charge is -2.22. The first-order valence-electron chi connectivity index (χ1n) is 9.69. The van der Waals surface area contributed by atoms with E-state index in [2.05, 4.69) is 9.68 Å². The molecular weight excluding hydrogens is 424 g/mol. The van der Waals surface area contributed by atoms with Gasteiger partial charge in [-0.25, -0.2) is 0 Å². The molecule has 0 aliphatic carbocycles. The molecule has 5 atom stereocenters. The second kappa shape index (κ2) is 10.5. The Balaban J connectivity index is 1.76. The lowest BCUT2D eigenvalue weighted by Crippen LogP contribution is -2.38. The summed E-state index contributed by atoms with van der Waals surface area (Å²) in [7, 11) is 0. The van der Waals surface area contributed by atoms with Gasteiger partial charge in [0.05, 0.1) is 18.6 Å². The summed E-state index contributed by atoms with van der Waals surface area (Å²) in [6, 6.07) is 0. The van der Waals surface area contributed by atoms with Crippen molar-refractivity contribution in [3.05, 3.63) is 20.2 Å². The summed E-state index contributed by atoms with van der Waals surface area (Å²) in [5, 5.41) is 18.5. The molecule has 0 amide bonds. The highest BCUT2D eigenvalue weighted by Crippen LogP contribution is 2.32. The maximum Gasteiger partial charge on any atom is 0.311 e. The normalized spacial score (nSPS) is 25.9. The summed E-state index contributed by atoms with van der Waals surface area (Å²) < 4.78 is 22.0. The van der Waals surface area contributed by atoms with Crippen LogP contribution in [0.5, 0.6) is 0 Å². The van der Waals surface area contributed by atoms with Crippen LogP contribution in [0.2, 0.25) is 0 Å². The molecule has 0 saturated carbocycles. The summed E-state index contributed by atoms with van der Waals surface area (Å²) in [5.41, 5.74) is -0.677. The number of nitrogens with zero attached hydrogens (tertiary/aromatic N) is 2. The lowest BCUT2D eigenvalue weighted by molar-refractivity contribution is -0.790. The molecule has 2 aliphatic heterocycles. The van der Waals surface area contributed by atoms with Crippen molar-refractivity contribution in [2.75, 3.05) is 19.8 Å². The molecule has 2 heterocycles. The first-order valence-corrected chi connectivity index (χ1v) is 9.69. The fraction of sp³-hybridized carbons (Fsp3) is 0.882. The first kappa shape index (κ1) is 24.5. The van der Waals surface area contributed by atoms with Gasteiger partial charge in [0.25, 0.3) is 10.2 Å². The van der Waals surface area contributed by atoms with Crippen LogP contribution in [0.1, 0.15) is 40.0 Å². The molecule has 0 N–H and O–H groups in total. The van der Waals surface area contributed by atoms with E-state index < -0.39 is 64.7 Å². The van der Waals surface area contributed by atoms with E-state index in [-0.39, 0.29) is 32.5 Å². The Morgan fingerprint density at radius 1 is 1.03 bits per heavy atom. The van der Waals surface area contributed by atoms with Crippen LogP contribution < -0.4 is 0 Å². The standard InChI is InChI=1S/C17H26N2O12/c1-17(2,3)16(21)30-12-9-27-14-11(8-26-15(12)14)29-13(20)6-4-5-10(31-19(24)25)7-28-18(22)23/h10-12,14-15H,4-9H2,1-3H3/t10?,11?,12?,14-,15-/m1/s1. The molecule has 0 radical (unpaired) electrons. The largest absolute Gasteiger partial charge is 0.457 e. The van der Waals surface area contributed by atoms with Gasteiger partial charge in [-0.2, -0.15) is 0 Å². The van der Waals surface area contributed by atoms with Crippen molar-refractivity contribution in [1.29, 1.82) is 0 Å². The molecule has 2 saturated heterocycles. The zero-order chi connectivity index (χ0) is 23.2. The fourth-order valence-electron chi connectivity index (χ4n) is 3.08. The van der Waals surface area contributed by atoms with E-state index in [9.17, 15) is 29.8 Å². The highest BCUT2D eigenvalue weighted by Gasteiger charge is 2.51. The predicted octanol–water partition coefficient (Wildman–Crippen LogP) is 0.609. The Bertz CT molecular complexity index is 679. The molecule has 0 aromatic heterocycles. The zero-order valence-corrected chi connectivity index (χ0v) is 17.4. The van der Waals surface area contributed by atoms with Gasteiger partial charge in [0, 0.05) is 6.42 Å². The molecule has 31 heavy (non-hydrogen) atoms. The monoisotopic (exact) mass is 450 g/mol. The molecule has 2 aliphatic rings. The maximum atomic E-state index is 12.1. The number of carbonyl (C=O) groups is 2. The van der Waals surface area contributed by atoms with Gasteiger partial charge in [-0.3, -0.25) is 9.59 Å². The molecule has 0 aromatic carbocycles. The molecule has 176 valence electrons. The Morgan fingerprint density at radius 2 is 1.61 bits per heavy atom. The fourth-order valence-corrected chi connectivity index (χ4v) is 3.08. The van der Waals surface area contributed by atoms with Gasteiger partial charge in [0.1, 0.15) is 24.9 Å². The molecular formula is C17H26N2O12. The van der Waals surface area contributed by atoms with Gasteiger partial charge in [0.15, 0.2) is 12.2 Å². The topological polar surface area (TPSA) is 176 Å². The van der Waals surface area contributed by atoms with Crippen LogP contribution in [0.4, 0.5) is 0 Å². The van der Waals surface area contributed by atoms with Crippen LogP contribution in [0.3, 0.4) is 0 Å². The van der Waals surface area contributed by atoms with Crippen molar-refractivity contribution in [3.8, 4) is 0 Å². The van der Waals surface area contributed by atoms with E-state index in [1.165, 1.54) is 0 Å². The molecule has 0 aromatic rings. The van der Waals surface area contributed by atoms with Gasteiger partial charge in [0.2, 0.25) is 0 Å². The van der Waals surface area contributed by atoms with E-state index in [4.69, 9.17) is 18.9 Å². The SMILES string of the molecule is CC(C)(C)C(=O)OC1CO[C@@H]2C(OC(=O)CCCC(CO[N+](=O)[O-])O[N+](=O)[O-])CO[C@H]12. The Morgan fingerprint density at radius 3 is 2.13 bits per heavy atom. The van der Waals surface area contributed by atoms with Crippen molar-refractivity contribution in [1.82, 2.24) is 0 Å². The number of fused-ring (bicyclic) bond motifs is 1. The van der Waals surface area contributed by atoms with Crippen molar-refractivity contribution in [2.24, 2.45) is 5.41 Å². The van der Waals surface area contributed by atoms with Crippen LogP contribution in [0.25, 0.3) is 0 Å². The molecule has 0 bridgehead atoms. The van der Waals surface area contributed by atoms with Gasteiger partial charge in [-0.1, -0.05) is 0 Å². The summed E-state index contributed by atoms with van der Waals surface area (Å²) >= 11 is 0. The van der Waals surface area contributed by atoms with Gasteiger partial charge < -0.3 is 28.6 Å². The zero-order valence-electron chi connectivity index (χ0n) is 17.4. The Hall–Kier alpha value is -2.74. The van der Waals surface area contributed by atoms with E-state index in [1.807, 2.05) is 0 Å². The van der Waals surface area contributed by atoms with Crippen LogP contribution in [-0.4, -0.2) is 72.5 Å². The summed E-state index contributed by atoms with van der Waals surface area (Å²) in [5.74, 6) is -0.985. The van der Waals surface area contributed by atoms with Gasteiger partial charge in [-0.15, -0.1) is 20.2 Å². The van der Waals surface area contributed by atoms with E-state index >= 15 is 0 Å². The smallest absolute Gasteiger partial charge is 0.311 e. The average molecular weight is 450 g/mol. The number of hydrogen-bond acceptors (Lipinski definition) is 12. The quantitative estimate of drug-likeness (QED) is 0.244. The predicted molar refractivity (Wildman–Crippen MR) is 97.4 cm³/mol. The van der Waals surface area contributed by atoms with Crippen molar-refractivity contribution in [2.45, 2.75) is 70.6 Å². The van der Waals surface area contributed by atoms with Crippen LogP contribution in [-0.2, 0) is 38.2 Å². The average Bonchev–Trinajstić information content (AvgIpc) is 3.22. The third-order valence-electron chi connectivity index (χ3n) is 4.62. The number of carbonyl (C=O) groups excluding carboxylic acids is 2. The minimum absolute atomic E-state index is 0.0293. The first-order chi connectivity index (χ1) is 14.5. The van der Waals surface area contributed by atoms with E-state index in [0.717, 1.165) is 0 Å². The van der Waals surface area contributed by atoms with Crippen molar-refractivity contribution in [3.63, 3.8) is 0 Å². The van der Waals surface area contributed by atoms with Crippen molar-refractivity contribution >= 4 is 11.9 Å². The van der Waals surface area contributed by atoms with E-state index in [0.29, 0.717) is 0 Å². The molecule has 14 nitrogen and oxygen atoms in total. The molecule has 2 rings (SSSR count). The van der Waals surface area contributed by atoms with Crippen LogP contribution in [0.15, 0.2) is 0 Å². The number of ether oxygens (including phenoxy) is 4. The number of hydrogen-bond donors (Lipinski definition) is 0. The highest BCUT2D eigenvalue weighted by molar-refractivity contribution is 5.75. The van der Waals surface area contributed by atoms with Gasteiger partial charge in [-0.05, 0) is 33.6 Å². The third-order valence-corrected chi connectivity index (χ3v) is 4.62. The summed E-state index contributed by atoms with van der Waals surface area (Å²) in [4.78, 5) is 53.2. The molecule has 3 unspecified atom stereocenters. The van der Waals surface area contributed by atoms with Crippen molar-refractivity contribution < 1.29 is 48.4 Å². The maximum absolute atomic E-state index is 12.1. The highest BCUT2D eigenvalue weighted by atomic mass is 17.0. The van der Waals surface area contributed by atoms with Crippen LogP contribution in [0, 0.1) is 25.6 Å². The number of rotatable bonds is 11. The van der Waals surface area contributed by atoms with Crippen LogP contribution >= 0.6 is 0 Å². The third kappa shape index (κ3) is 7.47. The second-order valence-corrected chi connectivity index (χ2v) is 8.18. The second-order valence-electron chi connectivity index (χ2n) is 8.18. The van der Waals surface area contributed by atoms with Gasteiger partial charge >= 0.3 is 11.9 Å². The Labute approximate surface area is 177 Å². The molecule has 2 fully saturated rings. The van der Waals surface area contributed by atoms with E-state index in [1.54, 1.807) is 20.8 Å². The minimum Gasteiger partial charge on any atom is -0.457 e. The molecule has 0 spiro atoms. The molecule has 14 heteroatoms. The minimum atomic E-state index is -1.19.